The maximum atomic E-state index is 13.4. The van der Waals surface area contributed by atoms with Crippen LogP contribution in [0.2, 0.25) is 0 Å². The SMILES string of the molecule is Cn1nnc(COc2cc(F)cc(C#CCCO)c2)n1. The summed E-state index contributed by atoms with van der Waals surface area (Å²) < 4.78 is 18.8. The van der Waals surface area contributed by atoms with Gasteiger partial charge < -0.3 is 9.84 Å². The monoisotopic (exact) mass is 276 g/mol. The Morgan fingerprint density at radius 1 is 1.40 bits per heavy atom. The molecule has 0 atom stereocenters. The van der Waals surface area contributed by atoms with Crippen LogP contribution in [0.15, 0.2) is 18.2 Å². The smallest absolute Gasteiger partial charge is 0.212 e. The Labute approximate surface area is 115 Å². The third kappa shape index (κ3) is 4.03. The molecular weight excluding hydrogens is 263 g/mol. The highest BCUT2D eigenvalue weighted by molar-refractivity contribution is 5.40. The van der Waals surface area contributed by atoms with E-state index in [0.29, 0.717) is 23.6 Å². The first kappa shape index (κ1) is 14.0. The molecule has 104 valence electrons. The summed E-state index contributed by atoms with van der Waals surface area (Å²) in [5, 5.41) is 20.0. The Hall–Kier alpha value is -2.46. The summed E-state index contributed by atoms with van der Waals surface area (Å²) in [6, 6.07) is 4.18. The molecule has 1 heterocycles. The van der Waals surface area contributed by atoms with Gasteiger partial charge in [0.15, 0.2) is 6.61 Å². The molecule has 0 spiro atoms. The number of hydrogen-bond acceptors (Lipinski definition) is 5. The van der Waals surface area contributed by atoms with Gasteiger partial charge in [-0.2, -0.15) is 4.80 Å². The predicted octanol–water partition coefficient (Wildman–Crippen LogP) is 0.662. The van der Waals surface area contributed by atoms with E-state index < -0.39 is 5.82 Å². The van der Waals surface area contributed by atoms with E-state index in [1.54, 1.807) is 13.1 Å². The average molecular weight is 276 g/mol. The minimum atomic E-state index is -0.442. The van der Waals surface area contributed by atoms with Gasteiger partial charge in [-0.25, -0.2) is 4.39 Å². The standard InChI is InChI=1S/C13H13FN4O2/c1-18-16-13(15-17-18)9-20-12-7-10(4-2-3-5-19)6-11(14)8-12/h6-8,19H,3,5,9H2,1H3. The largest absolute Gasteiger partial charge is 0.485 e. The van der Waals surface area contributed by atoms with E-state index in [9.17, 15) is 4.39 Å². The maximum absolute atomic E-state index is 13.4. The molecule has 20 heavy (non-hydrogen) atoms. The number of ether oxygens (including phenoxy) is 1. The lowest BCUT2D eigenvalue weighted by Gasteiger charge is -2.04. The average Bonchev–Trinajstić information content (AvgIpc) is 2.82. The van der Waals surface area contributed by atoms with Gasteiger partial charge in [0.2, 0.25) is 5.82 Å². The van der Waals surface area contributed by atoms with E-state index in [4.69, 9.17) is 9.84 Å². The molecule has 0 fully saturated rings. The number of aryl methyl sites for hydroxylation is 1. The van der Waals surface area contributed by atoms with Gasteiger partial charge in [-0.05, 0) is 17.3 Å². The van der Waals surface area contributed by atoms with Crippen molar-refractivity contribution in [3.05, 3.63) is 35.4 Å². The second-order valence-electron chi connectivity index (χ2n) is 3.93. The van der Waals surface area contributed by atoms with E-state index in [1.807, 2.05) is 0 Å². The van der Waals surface area contributed by atoms with Crippen LogP contribution >= 0.6 is 0 Å². The highest BCUT2D eigenvalue weighted by atomic mass is 19.1. The van der Waals surface area contributed by atoms with Gasteiger partial charge in [-0.15, -0.1) is 10.2 Å². The van der Waals surface area contributed by atoms with E-state index in [2.05, 4.69) is 27.3 Å². The molecule has 6 nitrogen and oxygen atoms in total. The minimum absolute atomic E-state index is 0.0238. The van der Waals surface area contributed by atoms with Crippen LogP contribution in [0, 0.1) is 17.7 Å². The Morgan fingerprint density at radius 2 is 2.25 bits per heavy atom. The van der Waals surface area contributed by atoms with E-state index in [0.717, 1.165) is 0 Å². The van der Waals surface area contributed by atoms with Crippen molar-refractivity contribution in [3.8, 4) is 17.6 Å². The van der Waals surface area contributed by atoms with Crippen LogP contribution in [-0.4, -0.2) is 31.9 Å². The molecule has 2 aromatic rings. The van der Waals surface area contributed by atoms with Crippen molar-refractivity contribution < 1.29 is 14.2 Å². The van der Waals surface area contributed by atoms with Crippen molar-refractivity contribution in [2.75, 3.05) is 6.61 Å². The van der Waals surface area contributed by atoms with Crippen molar-refractivity contribution in [3.63, 3.8) is 0 Å². The fourth-order valence-electron chi connectivity index (χ4n) is 1.47. The molecule has 0 saturated heterocycles. The van der Waals surface area contributed by atoms with Crippen LogP contribution in [0.1, 0.15) is 17.8 Å². The fourth-order valence-corrected chi connectivity index (χ4v) is 1.47. The molecule has 1 aromatic carbocycles. The summed E-state index contributed by atoms with van der Waals surface area (Å²) >= 11 is 0. The van der Waals surface area contributed by atoms with Crippen molar-refractivity contribution in [1.29, 1.82) is 0 Å². The van der Waals surface area contributed by atoms with Gasteiger partial charge in [0.05, 0.1) is 13.7 Å². The number of tetrazole rings is 1. The van der Waals surface area contributed by atoms with Crippen LogP contribution < -0.4 is 4.74 Å². The topological polar surface area (TPSA) is 73.1 Å². The number of halogens is 1. The van der Waals surface area contributed by atoms with Crippen LogP contribution in [0.25, 0.3) is 0 Å². The van der Waals surface area contributed by atoms with Crippen LogP contribution in [0.5, 0.6) is 5.75 Å². The first-order valence-corrected chi connectivity index (χ1v) is 5.93. The molecule has 2 rings (SSSR count). The number of benzene rings is 1. The minimum Gasteiger partial charge on any atom is -0.485 e. The third-order valence-corrected chi connectivity index (χ3v) is 2.26. The van der Waals surface area contributed by atoms with Gasteiger partial charge in [-0.1, -0.05) is 11.8 Å². The Kier molecular flexibility index (Phi) is 4.63. The molecule has 0 bridgehead atoms. The highest BCUT2D eigenvalue weighted by Crippen LogP contribution is 2.16. The number of aliphatic hydroxyl groups excluding tert-OH is 1. The zero-order valence-electron chi connectivity index (χ0n) is 10.9. The number of aliphatic hydroxyl groups is 1. The number of aromatic nitrogens is 4. The second-order valence-corrected chi connectivity index (χ2v) is 3.93. The molecule has 0 radical (unpaired) electrons. The van der Waals surface area contributed by atoms with Crippen molar-refractivity contribution in [1.82, 2.24) is 20.2 Å². The third-order valence-electron chi connectivity index (χ3n) is 2.26. The van der Waals surface area contributed by atoms with Crippen molar-refractivity contribution in [2.24, 2.45) is 7.05 Å². The Balaban J connectivity index is 2.06. The molecule has 0 unspecified atom stereocenters. The number of nitrogens with zero attached hydrogens (tertiary/aromatic N) is 4. The Bertz CT molecular complexity index is 645. The van der Waals surface area contributed by atoms with Crippen molar-refractivity contribution >= 4 is 0 Å². The van der Waals surface area contributed by atoms with Gasteiger partial charge in [0, 0.05) is 18.1 Å². The maximum Gasteiger partial charge on any atom is 0.212 e. The normalized spacial score (nSPS) is 9.95. The summed E-state index contributed by atoms with van der Waals surface area (Å²) in [4.78, 5) is 1.32. The molecular formula is C13H13FN4O2. The fraction of sp³-hybridized carbons (Fsp3) is 0.308. The number of rotatable bonds is 4. The zero-order chi connectivity index (χ0) is 14.4. The van der Waals surface area contributed by atoms with Gasteiger partial charge in [0.25, 0.3) is 0 Å². The predicted molar refractivity (Wildman–Crippen MR) is 68.1 cm³/mol. The van der Waals surface area contributed by atoms with Crippen LogP contribution in [0.4, 0.5) is 4.39 Å². The summed E-state index contributed by atoms with van der Waals surface area (Å²) in [5.41, 5.74) is 0.487. The van der Waals surface area contributed by atoms with Gasteiger partial charge in [0.1, 0.15) is 11.6 Å². The van der Waals surface area contributed by atoms with E-state index in [1.165, 1.54) is 16.9 Å². The molecule has 0 saturated carbocycles. The van der Waals surface area contributed by atoms with Crippen LogP contribution in [-0.2, 0) is 13.7 Å². The summed E-state index contributed by atoms with van der Waals surface area (Å²) in [6.45, 7) is 0.0742. The highest BCUT2D eigenvalue weighted by Gasteiger charge is 2.04. The molecule has 0 aliphatic heterocycles. The summed E-state index contributed by atoms with van der Waals surface area (Å²) in [7, 11) is 1.65. The molecule has 1 N–H and O–H groups in total. The summed E-state index contributed by atoms with van der Waals surface area (Å²) in [6.07, 6.45) is 0.343. The second kappa shape index (κ2) is 6.63. The number of hydrogen-bond donors (Lipinski definition) is 1. The van der Waals surface area contributed by atoms with Gasteiger partial charge in [-0.3, -0.25) is 0 Å². The molecule has 0 aliphatic rings. The quantitative estimate of drug-likeness (QED) is 0.831. The lowest BCUT2D eigenvalue weighted by Crippen LogP contribution is -1.99. The first-order valence-electron chi connectivity index (χ1n) is 5.93. The molecule has 0 amide bonds. The van der Waals surface area contributed by atoms with Crippen molar-refractivity contribution in [2.45, 2.75) is 13.0 Å². The lowest BCUT2D eigenvalue weighted by molar-refractivity contribution is 0.293. The first-order chi connectivity index (χ1) is 9.67. The van der Waals surface area contributed by atoms with E-state index >= 15 is 0 Å². The Morgan fingerprint density at radius 3 is 2.95 bits per heavy atom. The van der Waals surface area contributed by atoms with Gasteiger partial charge >= 0.3 is 0 Å². The summed E-state index contributed by atoms with van der Waals surface area (Å²) in [5.74, 6) is 5.78. The molecule has 7 heteroatoms. The van der Waals surface area contributed by atoms with Crippen LogP contribution in [0.3, 0.4) is 0 Å². The molecule has 1 aromatic heterocycles. The zero-order valence-corrected chi connectivity index (χ0v) is 10.9. The van der Waals surface area contributed by atoms with E-state index in [-0.39, 0.29) is 13.2 Å². The lowest BCUT2D eigenvalue weighted by atomic mass is 10.2. The molecule has 0 aliphatic carbocycles.